The van der Waals surface area contributed by atoms with E-state index in [1.54, 1.807) is 6.92 Å². The third-order valence-corrected chi connectivity index (χ3v) is 3.00. The Hall–Kier alpha value is -1.89. The van der Waals surface area contributed by atoms with Crippen molar-refractivity contribution in [1.29, 1.82) is 0 Å². The summed E-state index contributed by atoms with van der Waals surface area (Å²) in [5, 5.41) is 11.4. The van der Waals surface area contributed by atoms with Crippen LogP contribution in [-0.2, 0) is 0 Å². The molecule has 0 aliphatic heterocycles. The second kappa shape index (κ2) is 4.54. The molecular weight excluding hydrogens is 242 g/mol. The summed E-state index contributed by atoms with van der Waals surface area (Å²) >= 11 is 1.05. The third kappa shape index (κ3) is 2.44. The zero-order valence-electron chi connectivity index (χ0n) is 9.21. The van der Waals surface area contributed by atoms with Gasteiger partial charge in [-0.3, -0.25) is 10.1 Å². The van der Waals surface area contributed by atoms with E-state index in [2.05, 4.69) is 9.97 Å². The largest absolute Gasteiger partial charge is 0.436 e. The van der Waals surface area contributed by atoms with Crippen molar-refractivity contribution in [2.24, 2.45) is 0 Å². The van der Waals surface area contributed by atoms with Crippen LogP contribution >= 0.6 is 11.8 Å². The molecule has 17 heavy (non-hydrogen) atoms. The van der Waals surface area contributed by atoms with E-state index in [0.717, 1.165) is 17.5 Å². The van der Waals surface area contributed by atoms with Gasteiger partial charge in [0.1, 0.15) is 5.76 Å². The van der Waals surface area contributed by atoms with Gasteiger partial charge < -0.3 is 4.42 Å². The molecule has 0 aromatic carbocycles. The van der Waals surface area contributed by atoms with Gasteiger partial charge in [-0.15, -0.1) is 0 Å². The predicted molar refractivity (Wildman–Crippen MR) is 61.0 cm³/mol. The Kier molecular flexibility index (Phi) is 3.10. The molecule has 0 bridgehead atoms. The molecule has 88 valence electrons. The summed E-state index contributed by atoms with van der Waals surface area (Å²) in [6.07, 6.45) is 1.50. The van der Waals surface area contributed by atoms with Crippen LogP contribution in [0.15, 0.2) is 33.0 Å². The fraction of sp³-hybridized carbons (Fsp3) is 0.200. The maximum atomic E-state index is 10.8. The number of nitrogens with zero attached hydrogens (tertiary/aromatic N) is 3. The maximum absolute atomic E-state index is 10.8. The van der Waals surface area contributed by atoms with Crippen LogP contribution in [0.2, 0.25) is 0 Å². The number of hydrogen-bond acceptors (Lipinski definition) is 6. The summed E-state index contributed by atoms with van der Waals surface area (Å²) in [5.74, 6) is 0.700. The summed E-state index contributed by atoms with van der Waals surface area (Å²) in [6, 6.07) is 2.92. The number of oxazole rings is 1. The highest BCUT2D eigenvalue weighted by molar-refractivity contribution is 7.99. The normalized spacial score (nSPS) is 10.5. The van der Waals surface area contributed by atoms with Crippen molar-refractivity contribution in [3.8, 4) is 0 Å². The van der Waals surface area contributed by atoms with Crippen molar-refractivity contribution in [1.82, 2.24) is 9.97 Å². The van der Waals surface area contributed by atoms with Gasteiger partial charge in [0.15, 0.2) is 5.03 Å². The lowest BCUT2D eigenvalue weighted by atomic mass is 10.4. The highest BCUT2D eigenvalue weighted by Crippen LogP contribution is 2.32. The zero-order valence-corrected chi connectivity index (χ0v) is 10.0. The average molecular weight is 251 g/mol. The zero-order chi connectivity index (χ0) is 12.4. The Bertz CT molecular complexity index is 548. The first-order valence-electron chi connectivity index (χ1n) is 4.79. The van der Waals surface area contributed by atoms with Crippen LogP contribution in [0.1, 0.15) is 11.5 Å². The van der Waals surface area contributed by atoms with Gasteiger partial charge in [0.2, 0.25) is 0 Å². The Labute approximate surface area is 101 Å². The third-order valence-electron chi connectivity index (χ3n) is 2.14. The van der Waals surface area contributed by atoms with Gasteiger partial charge >= 0.3 is 5.69 Å². The van der Waals surface area contributed by atoms with E-state index in [-0.39, 0.29) is 10.7 Å². The van der Waals surface area contributed by atoms with Gasteiger partial charge in [-0.25, -0.2) is 9.97 Å². The van der Waals surface area contributed by atoms with Crippen molar-refractivity contribution in [2.75, 3.05) is 0 Å². The lowest BCUT2D eigenvalue weighted by molar-refractivity contribution is -0.388. The van der Waals surface area contributed by atoms with Gasteiger partial charge in [-0.1, -0.05) is 0 Å². The summed E-state index contributed by atoms with van der Waals surface area (Å²) in [5.41, 5.74) is 0.720. The highest BCUT2D eigenvalue weighted by atomic mass is 32.2. The van der Waals surface area contributed by atoms with E-state index in [1.807, 2.05) is 6.92 Å². The first kappa shape index (κ1) is 11.6. The Morgan fingerprint density at radius 3 is 2.82 bits per heavy atom. The fourth-order valence-corrected chi connectivity index (χ4v) is 2.04. The van der Waals surface area contributed by atoms with Gasteiger partial charge in [0, 0.05) is 12.3 Å². The molecule has 7 heteroatoms. The van der Waals surface area contributed by atoms with Crippen LogP contribution in [0.5, 0.6) is 0 Å². The van der Waals surface area contributed by atoms with Crippen LogP contribution in [0.4, 0.5) is 5.69 Å². The van der Waals surface area contributed by atoms with E-state index >= 15 is 0 Å². The molecule has 0 fully saturated rings. The second-order valence-electron chi connectivity index (χ2n) is 3.31. The quantitative estimate of drug-likeness (QED) is 0.616. The first-order chi connectivity index (χ1) is 8.08. The van der Waals surface area contributed by atoms with Crippen LogP contribution < -0.4 is 0 Å². The van der Waals surface area contributed by atoms with E-state index in [4.69, 9.17) is 4.42 Å². The van der Waals surface area contributed by atoms with Gasteiger partial charge in [-0.2, -0.15) is 0 Å². The molecule has 0 saturated heterocycles. The van der Waals surface area contributed by atoms with Gasteiger partial charge in [0.25, 0.3) is 5.22 Å². The molecular formula is C10H9N3O3S. The molecule has 0 aliphatic carbocycles. The number of rotatable bonds is 3. The number of aromatic nitrogens is 2. The molecule has 0 radical (unpaired) electrons. The predicted octanol–water partition coefficient (Wildman–Crippen LogP) is 2.75. The number of aryl methyl sites for hydroxylation is 2. The Balaban J connectivity index is 2.33. The van der Waals surface area contributed by atoms with E-state index < -0.39 is 4.92 Å². The first-order valence-corrected chi connectivity index (χ1v) is 5.61. The monoisotopic (exact) mass is 251 g/mol. The van der Waals surface area contributed by atoms with Crippen molar-refractivity contribution in [2.45, 2.75) is 24.1 Å². The van der Waals surface area contributed by atoms with Crippen molar-refractivity contribution in [3.63, 3.8) is 0 Å². The van der Waals surface area contributed by atoms with Crippen molar-refractivity contribution in [3.05, 3.63) is 39.9 Å². The van der Waals surface area contributed by atoms with Crippen molar-refractivity contribution >= 4 is 17.4 Å². The SMILES string of the molecule is Cc1nc(Sc2ncccc2[N+](=O)[O-])oc1C. The van der Waals surface area contributed by atoms with E-state index in [0.29, 0.717) is 11.0 Å². The lowest BCUT2D eigenvalue weighted by Gasteiger charge is -1.97. The Morgan fingerprint density at radius 1 is 1.47 bits per heavy atom. The molecule has 0 atom stereocenters. The molecule has 6 nitrogen and oxygen atoms in total. The molecule has 0 unspecified atom stereocenters. The minimum absolute atomic E-state index is 0.0500. The lowest BCUT2D eigenvalue weighted by Crippen LogP contribution is -1.92. The molecule has 0 spiro atoms. The molecule has 2 aromatic rings. The maximum Gasteiger partial charge on any atom is 0.301 e. The highest BCUT2D eigenvalue weighted by Gasteiger charge is 2.18. The number of hydrogen-bond donors (Lipinski definition) is 0. The van der Waals surface area contributed by atoms with Crippen LogP contribution in [-0.4, -0.2) is 14.9 Å². The summed E-state index contributed by atoms with van der Waals surface area (Å²) in [6.45, 7) is 3.61. The summed E-state index contributed by atoms with van der Waals surface area (Å²) in [7, 11) is 0. The molecule has 0 saturated carbocycles. The Morgan fingerprint density at radius 2 is 2.24 bits per heavy atom. The van der Waals surface area contributed by atoms with E-state index in [9.17, 15) is 10.1 Å². The molecule has 0 N–H and O–H groups in total. The standard InChI is InChI=1S/C10H9N3O3S/c1-6-7(2)16-10(12-6)17-9-8(13(14)15)4-3-5-11-9/h3-5H,1-2H3. The van der Waals surface area contributed by atoms with E-state index in [1.165, 1.54) is 18.3 Å². The van der Waals surface area contributed by atoms with Crippen LogP contribution in [0.3, 0.4) is 0 Å². The van der Waals surface area contributed by atoms with Crippen LogP contribution in [0.25, 0.3) is 0 Å². The minimum atomic E-state index is -0.474. The fourth-order valence-electron chi connectivity index (χ4n) is 1.17. The van der Waals surface area contributed by atoms with Crippen molar-refractivity contribution < 1.29 is 9.34 Å². The minimum Gasteiger partial charge on any atom is -0.436 e. The van der Waals surface area contributed by atoms with Crippen LogP contribution in [0, 0.1) is 24.0 Å². The smallest absolute Gasteiger partial charge is 0.301 e. The molecule has 2 aromatic heterocycles. The molecule has 0 amide bonds. The second-order valence-corrected chi connectivity index (χ2v) is 4.25. The summed E-state index contributed by atoms with van der Waals surface area (Å²) in [4.78, 5) is 18.4. The molecule has 0 aliphatic rings. The average Bonchev–Trinajstić information content (AvgIpc) is 2.58. The topological polar surface area (TPSA) is 82.1 Å². The molecule has 2 rings (SSSR count). The number of nitro groups is 1. The van der Waals surface area contributed by atoms with Gasteiger partial charge in [-0.05, 0) is 31.7 Å². The number of pyridine rings is 1. The summed E-state index contributed by atoms with van der Waals surface area (Å²) < 4.78 is 5.34. The molecule has 2 heterocycles. The van der Waals surface area contributed by atoms with Gasteiger partial charge in [0.05, 0.1) is 10.6 Å².